The van der Waals surface area contributed by atoms with Crippen molar-refractivity contribution in [3.8, 4) is 0 Å². The van der Waals surface area contributed by atoms with E-state index < -0.39 is 5.54 Å². The van der Waals surface area contributed by atoms with E-state index in [9.17, 15) is 9.59 Å². The molecule has 0 atom stereocenters. The summed E-state index contributed by atoms with van der Waals surface area (Å²) in [6.45, 7) is 2.36. The lowest BCUT2D eigenvalue weighted by atomic mass is 9.82. The van der Waals surface area contributed by atoms with Crippen LogP contribution >= 0.6 is 11.6 Å². The van der Waals surface area contributed by atoms with E-state index in [4.69, 9.17) is 16.3 Å². The monoisotopic (exact) mass is 399 g/mol. The molecule has 2 aliphatic heterocycles. The van der Waals surface area contributed by atoms with Gasteiger partial charge in [-0.25, -0.2) is 4.79 Å². The van der Waals surface area contributed by atoms with E-state index in [2.05, 4.69) is 10.6 Å². The molecule has 2 fully saturated rings. The summed E-state index contributed by atoms with van der Waals surface area (Å²) < 4.78 is 5.53. The summed E-state index contributed by atoms with van der Waals surface area (Å²) >= 11 is 6.04. The number of hydrogen-bond donors (Lipinski definition) is 2. The van der Waals surface area contributed by atoms with Crippen molar-refractivity contribution in [3.05, 3.63) is 64.7 Å². The van der Waals surface area contributed by atoms with Crippen molar-refractivity contribution in [2.45, 2.75) is 18.4 Å². The van der Waals surface area contributed by atoms with Gasteiger partial charge in [-0.15, -0.1) is 0 Å². The van der Waals surface area contributed by atoms with Crippen molar-refractivity contribution >= 4 is 29.2 Å². The first-order valence-electron chi connectivity index (χ1n) is 9.39. The molecule has 28 heavy (non-hydrogen) atoms. The first-order valence-corrected chi connectivity index (χ1v) is 9.77. The number of amides is 3. The largest absolute Gasteiger partial charge is 0.381 e. The van der Waals surface area contributed by atoms with E-state index in [1.807, 2.05) is 30.3 Å². The highest BCUT2D eigenvalue weighted by Crippen LogP contribution is 2.33. The minimum atomic E-state index is -0.499. The Labute approximate surface area is 168 Å². The van der Waals surface area contributed by atoms with Gasteiger partial charge in [0, 0.05) is 42.6 Å². The molecule has 2 N–H and O–H groups in total. The molecule has 3 amide bonds. The summed E-state index contributed by atoms with van der Waals surface area (Å²) in [5, 5.41) is 6.67. The van der Waals surface area contributed by atoms with Gasteiger partial charge in [-0.3, -0.25) is 9.69 Å². The van der Waals surface area contributed by atoms with Gasteiger partial charge in [0.25, 0.3) is 5.91 Å². The molecule has 146 valence electrons. The van der Waals surface area contributed by atoms with Gasteiger partial charge in [0.05, 0.1) is 5.54 Å². The van der Waals surface area contributed by atoms with Crippen molar-refractivity contribution in [3.63, 3.8) is 0 Å². The number of anilines is 1. The molecular formula is C21H22ClN3O3. The van der Waals surface area contributed by atoms with E-state index in [1.54, 1.807) is 23.1 Å². The third-order valence-electron chi connectivity index (χ3n) is 5.37. The predicted molar refractivity (Wildman–Crippen MR) is 108 cm³/mol. The Kier molecular flexibility index (Phi) is 5.24. The lowest BCUT2D eigenvalue weighted by Crippen LogP contribution is -2.49. The molecule has 0 spiro atoms. The van der Waals surface area contributed by atoms with Crippen LogP contribution in [-0.4, -0.2) is 38.2 Å². The number of rotatable bonds is 4. The average molecular weight is 400 g/mol. The van der Waals surface area contributed by atoms with E-state index in [1.165, 1.54) is 0 Å². The molecule has 2 aromatic rings. The molecular weight excluding hydrogens is 378 g/mol. The van der Waals surface area contributed by atoms with Crippen LogP contribution in [0.1, 0.15) is 28.8 Å². The Morgan fingerprint density at radius 3 is 2.57 bits per heavy atom. The Hall–Kier alpha value is -2.57. The highest BCUT2D eigenvalue weighted by molar-refractivity contribution is 6.30. The van der Waals surface area contributed by atoms with Gasteiger partial charge in [-0.2, -0.15) is 0 Å². The highest BCUT2D eigenvalue weighted by Gasteiger charge is 2.36. The van der Waals surface area contributed by atoms with Gasteiger partial charge in [-0.05, 0) is 48.7 Å². The second-order valence-electron chi connectivity index (χ2n) is 7.09. The Morgan fingerprint density at radius 2 is 1.89 bits per heavy atom. The van der Waals surface area contributed by atoms with E-state index in [0.717, 1.165) is 11.3 Å². The Bertz CT molecular complexity index is 879. The maximum Gasteiger partial charge on any atom is 0.321 e. The first-order chi connectivity index (χ1) is 13.6. The molecule has 0 aromatic heterocycles. The minimum absolute atomic E-state index is 0.139. The average Bonchev–Trinajstić information content (AvgIpc) is 3.15. The van der Waals surface area contributed by atoms with Crippen molar-refractivity contribution < 1.29 is 14.3 Å². The lowest BCUT2D eigenvalue weighted by Gasteiger charge is -2.38. The van der Waals surface area contributed by atoms with Crippen LogP contribution in [0.25, 0.3) is 0 Å². The second-order valence-corrected chi connectivity index (χ2v) is 7.53. The summed E-state index contributed by atoms with van der Waals surface area (Å²) in [4.78, 5) is 26.7. The number of ether oxygens (including phenoxy) is 1. The predicted octanol–water partition coefficient (Wildman–Crippen LogP) is 3.31. The Morgan fingerprint density at radius 1 is 1.14 bits per heavy atom. The number of carbonyl (C=O) groups excluding carboxylic acids is 2. The normalized spacial score (nSPS) is 18.6. The van der Waals surface area contributed by atoms with Crippen LogP contribution in [0.5, 0.6) is 0 Å². The molecule has 0 radical (unpaired) electrons. The third kappa shape index (κ3) is 3.70. The maximum atomic E-state index is 13.1. The number of halogens is 1. The fraction of sp³-hybridized carbons (Fsp3) is 0.333. The van der Waals surface area contributed by atoms with Crippen molar-refractivity contribution in [1.82, 2.24) is 10.6 Å². The zero-order valence-corrected chi connectivity index (χ0v) is 16.2. The van der Waals surface area contributed by atoms with Crippen LogP contribution in [0.4, 0.5) is 10.5 Å². The second kappa shape index (κ2) is 7.81. The zero-order chi connectivity index (χ0) is 19.6. The van der Waals surface area contributed by atoms with Crippen molar-refractivity contribution in [1.29, 1.82) is 0 Å². The summed E-state index contributed by atoms with van der Waals surface area (Å²) in [6, 6.07) is 14.6. The number of nitrogens with zero attached hydrogens (tertiary/aromatic N) is 1. The van der Waals surface area contributed by atoms with Crippen molar-refractivity contribution in [2.75, 3.05) is 31.2 Å². The first kappa shape index (κ1) is 18.8. The number of hydrogen-bond acceptors (Lipinski definition) is 3. The summed E-state index contributed by atoms with van der Waals surface area (Å²) in [6.07, 6.45) is 1.38. The molecule has 0 saturated carbocycles. The van der Waals surface area contributed by atoms with E-state index in [-0.39, 0.29) is 11.9 Å². The Balaban J connectivity index is 1.60. The van der Waals surface area contributed by atoms with Gasteiger partial charge in [-0.1, -0.05) is 29.8 Å². The van der Waals surface area contributed by atoms with E-state index >= 15 is 0 Å². The fourth-order valence-corrected chi connectivity index (χ4v) is 3.92. The number of urea groups is 1. The van der Waals surface area contributed by atoms with Gasteiger partial charge < -0.3 is 15.4 Å². The van der Waals surface area contributed by atoms with Crippen LogP contribution < -0.4 is 15.5 Å². The smallest absolute Gasteiger partial charge is 0.321 e. The topological polar surface area (TPSA) is 70.7 Å². The number of benzene rings is 2. The minimum Gasteiger partial charge on any atom is -0.381 e. The van der Waals surface area contributed by atoms with Crippen LogP contribution in [0.3, 0.4) is 0 Å². The molecule has 0 aliphatic carbocycles. The van der Waals surface area contributed by atoms with Crippen LogP contribution in [-0.2, 0) is 10.3 Å². The van der Waals surface area contributed by atoms with Gasteiger partial charge in [0.15, 0.2) is 0 Å². The molecule has 2 aromatic carbocycles. The van der Waals surface area contributed by atoms with Gasteiger partial charge in [0.1, 0.15) is 0 Å². The van der Waals surface area contributed by atoms with Crippen LogP contribution in [0.15, 0.2) is 48.5 Å². The summed E-state index contributed by atoms with van der Waals surface area (Å²) in [5.41, 5.74) is 1.76. The zero-order valence-electron chi connectivity index (χ0n) is 15.4. The molecule has 2 aliphatic rings. The summed E-state index contributed by atoms with van der Waals surface area (Å²) in [5.74, 6) is -0.168. The highest BCUT2D eigenvalue weighted by atomic mass is 35.5. The molecule has 7 heteroatoms. The van der Waals surface area contributed by atoms with Gasteiger partial charge in [0.2, 0.25) is 0 Å². The van der Waals surface area contributed by atoms with Crippen LogP contribution in [0, 0.1) is 0 Å². The SMILES string of the molecule is O=C(NC1(c2ccc(Cl)cc2)CCOCC1)c1cccc(N2CCNC2=O)c1. The van der Waals surface area contributed by atoms with Crippen molar-refractivity contribution in [2.24, 2.45) is 0 Å². The molecule has 2 heterocycles. The lowest BCUT2D eigenvalue weighted by molar-refractivity contribution is 0.0345. The molecule has 6 nitrogen and oxygen atoms in total. The quantitative estimate of drug-likeness (QED) is 0.828. The number of carbonyl (C=O) groups is 2. The van der Waals surface area contributed by atoms with Gasteiger partial charge >= 0.3 is 6.03 Å². The summed E-state index contributed by atoms with van der Waals surface area (Å²) in [7, 11) is 0. The standard InChI is InChI=1S/C21H22ClN3O3/c22-17-6-4-16(5-7-17)21(8-12-28-13-9-21)24-19(26)15-2-1-3-18(14-15)25-11-10-23-20(25)27/h1-7,14H,8-13H2,(H,23,27)(H,24,26). The van der Waals surface area contributed by atoms with E-state index in [0.29, 0.717) is 49.7 Å². The molecule has 0 bridgehead atoms. The van der Waals surface area contributed by atoms with Crippen LogP contribution in [0.2, 0.25) is 5.02 Å². The molecule has 0 unspecified atom stereocenters. The maximum absolute atomic E-state index is 13.1. The molecule has 4 rings (SSSR count). The fourth-order valence-electron chi connectivity index (χ4n) is 3.80. The third-order valence-corrected chi connectivity index (χ3v) is 5.62. The molecule has 2 saturated heterocycles. The number of nitrogens with one attached hydrogen (secondary N) is 2.